The van der Waals surface area contributed by atoms with E-state index in [-0.39, 0.29) is 214 Å². The average molecular weight is 1940 g/mol. The van der Waals surface area contributed by atoms with E-state index in [4.69, 9.17) is 36.4 Å². The van der Waals surface area contributed by atoms with Crippen molar-refractivity contribution in [3.8, 4) is 11.1 Å². The number of halogens is 4. The molecule has 32 heteroatoms. The van der Waals surface area contributed by atoms with Crippen LogP contribution >= 0.6 is 11.6 Å². The van der Waals surface area contributed by atoms with Gasteiger partial charge in [0, 0.05) is 135 Å². The topological polar surface area (TPSA) is 354 Å². The Hall–Kier alpha value is -11.0. The molecule has 11 aromatic rings. The number of nitrogens with one attached hydrogen (secondary N) is 1. The zero-order chi connectivity index (χ0) is 86.7. The first-order valence-electron chi connectivity index (χ1n) is 37.0. The number of methoxy groups -OCH3 is 1. The van der Waals surface area contributed by atoms with Crippen LogP contribution in [-0.4, -0.2) is 154 Å². The third-order valence-electron chi connectivity index (χ3n) is 16.3. The molecule has 1 fully saturated rings. The van der Waals surface area contributed by atoms with E-state index in [1.165, 1.54) is 47.1 Å². The van der Waals surface area contributed by atoms with E-state index < -0.39 is 47.1 Å². The van der Waals surface area contributed by atoms with Gasteiger partial charge in [0.1, 0.15) is 28.9 Å². The van der Waals surface area contributed by atoms with Crippen molar-refractivity contribution in [2.24, 2.45) is 0 Å². The number of pyridine rings is 5. The molecular weight excluding hydrogens is 1800 g/mol. The Balaban J connectivity index is -0.000000218. The number of rotatable bonds is 20. The summed E-state index contributed by atoms with van der Waals surface area (Å²) in [6.07, 6.45) is 15.4. The maximum Gasteiger partial charge on any atom is 1.00 e. The predicted molar refractivity (Wildman–Crippen MR) is 495 cm³/mol. The fourth-order valence-corrected chi connectivity index (χ4v) is 11.6. The Kier molecular flexibility index (Phi) is 68.7. The molecule has 0 aliphatic carbocycles. The summed E-state index contributed by atoms with van der Waals surface area (Å²) in [5.41, 5.74) is 15.6. The molecule has 0 unspecified atom stereocenters. The Morgan fingerprint density at radius 1 is 0.566 bits per heavy atom. The third-order valence-corrected chi connectivity index (χ3v) is 16.6. The Morgan fingerprint density at radius 2 is 1.02 bits per heavy atom. The van der Waals surface area contributed by atoms with Crippen molar-refractivity contribution < 1.29 is 169 Å². The molecule has 1 saturated heterocycles. The van der Waals surface area contributed by atoms with Gasteiger partial charge in [-0.1, -0.05) is 138 Å². The monoisotopic (exact) mass is 1930 g/mol. The quantitative estimate of drug-likeness (QED) is 0.00684. The van der Waals surface area contributed by atoms with Crippen LogP contribution in [0.25, 0.3) is 38.7 Å². The maximum atomic E-state index is 14.8. The van der Waals surface area contributed by atoms with Crippen molar-refractivity contribution in [2.45, 2.75) is 205 Å². The van der Waals surface area contributed by atoms with Gasteiger partial charge in [-0.2, -0.15) is 9.36 Å². The van der Waals surface area contributed by atoms with E-state index in [1.54, 1.807) is 107 Å². The van der Waals surface area contributed by atoms with Crippen molar-refractivity contribution in [1.82, 2.24) is 22.9 Å². The summed E-state index contributed by atoms with van der Waals surface area (Å²) in [4.78, 5) is 126. The molecule has 26 nitrogen and oxygen atoms in total. The smallest absolute Gasteiger partial charge is 1.00 e. The van der Waals surface area contributed by atoms with Crippen LogP contribution in [0.4, 0.5) is 8.78 Å². The van der Waals surface area contributed by atoms with Crippen LogP contribution < -0.4 is 56.4 Å². The van der Waals surface area contributed by atoms with Gasteiger partial charge in [-0.3, -0.25) is 38.4 Å². The average Bonchev–Trinajstić information content (AvgIpc) is 1.69. The summed E-state index contributed by atoms with van der Waals surface area (Å²) in [5.74, 6) is -3.12. The zero-order valence-corrected chi connectivity index (χ0v) is 75.3. The van der Waals surface area contributed by atoms with E-state index in [0.29, 0.717) is 69.2 Å². The first-order chi connectivity index (χ1) is 55.4. The molecule has 10 heterocycles. The van der Waals surface area contributed by atoms with Gasteiger partial charge >= 0.3 is 65.6 Å². The van der Waals surface area contributed by atoms with Crippen molar-refractivity contribution in [2.75, 3.05) is 26.9 Å². The molecule has 0 amide bonds. The Morgan fingerprint density at radius 3 is 1.47 bits per heavy atom. The van der Waals surface area contributed by atoms with Gasteiger partial charge in [-0.25, -0.2) is 23.2 Å². The molecule has 12 rings (SSSR count). The molecule has 2 aromatic carbocycles. The number of carboxylic acids is 1. The predicted octanol–water partition coefficient (Wildman–Crippen LogP) is 14.0. The number of aromatic nitrogens is 5. The number of ketones is 6. The molecule has 0 spiro atoms. The number of Topliss-reactive ketones (excluding diaryl/α,β-unsaturated/α-hetero) is 5. The zero-order valence-electron chi connectivity index (χ0n) is 70.0. The van der Waals surface area contributed by atoms with Crippen LogP contribution in [0.5, 0.6) is 0 Å². The van der Waals surface area contributed by atoms with Crippen molar-refractivity contribution in [3.63, 3.8) is 0 Å². The number of carbonyl (C=O) groups is 11. The molecule has 707 valence electrons. The summed E-state index contributed by atoms with van der Waals surface area (Å²) in [5, 5.41) is 12.1. The number of esters is 4. The fraction of sp³-hybridized carbons (Fsp3) is 0.351. The van der Waals surface area contributed by atoms with Crippen molar-refractivity contribution in [1.29, 1.82) is 0 Å². The summed E-state index contributed by atoms with van der Waals surface area (Å²) >= 11 is 6.12. The van der Waals surface area contributed by atoms with Gasteiger partial charge in [0.15, 0.2) is 47.1 Å². The summed E-state index contributed by atoms with van der Waals surface area (Å²) in [7, 11) is 1.50. The molecule has 1 aliphatic heterocycles. The molecule has 9 aromatic heterocycles. The minimum absolute atomic E-state index is 0. The SMILES string of the molecule is C.C.C.C.C.C.C.C.CC(=O)c1cc(C(=O)OC(C)(C)C)n2ccccc12.CC(=O)c1cc(CC(=O)O)n2ccccc12.CC(=O)c1ccn2ccccc12.CC(C)(C)OC(=O)C[n+]1ccccc1.CCOC(=O)C=[N+]=[N-].CCOC(=O)Cc1cc(C(C)=O)c2ccccn12.CO/C=C/C(C)=O.O=C(Cc1cccc(-c2ccccc2Cl)c1F)[C@@H]1C[C@@H](F)CN1.[Br-].[Cu].[Na+].[OH-]. The molecule has 3 N–H and O–H groups in total. The minimum atomic E-state index is -1.01. The molecule has 2 atom stereocenters. The molecule has 0 bridgehead atoms. The number of benzene rings is 2. The second-order valence-corrected chi connectivity index (χ2v) is 28.3. The van der Waals surface area contributed by atoms with E-state index >= 15 is 0 Å². The van der Waals surface area contributed by atoms with Crippen LogP contribution in [0.1, 0.15) is 225 Å². The van der Waals surface area contributed by atoms with Gasteiger partial charge in [-0.05, 0) is 174 Å². The van der Waals surface area contributed by atoms with Crippen molar-refractivity contribution in [3.05, 3.63) is 275 Å². The molecule has 129 heavy (non-hydrogen) atoms. The second-order valence-electron chi connectivity index (χ2n) is 27.9. The van der Waals surface area contributed by atoms with Gasteiger partial charge in [0.25, 0.3) is 0 Å². The van der Waals surface area contributed by atoms with Crippen LogP contribution in [0.15, 0.2) is 213 Å². The molecular formula is C97H131BrClCuF2N8NaO18. The standard InChI is InChI=1S/C18H16ClF2NO.C15H17NO3.C14H15NO3.C12H11NO3.C11H16NO2.C10H9NO.C5H8O2.C4H6N2O2.8CH4.BrH.Cu.Na.H2O/c19-15-7-2-1-5-13(15)14-6-3-4-11(18(14)21)8-17(23)16-9-12(20)10-22-16;1-10(17)11-9-13(14(18)19-15(2,3)4)16-8-6-5-7-12(11)16;1-3-18-14(17)9-11-8-12(10(2)16)13-6-4-5-7-15(11)13;1-8(14)10-6-9(7-12(15)16)13-5-3-2-4-11(10)13;1-11(2,3)14-10(13)9-12-7-5-4-6-8-12;1-8(12)9-5-7-11-6-3-2-4-10(9)11;1-5(6)3-4-7-2;1-2-8-4(7)3-6-5;;;;;;;;;;;;/h1-7,12,16,22H,8-10H2;5-9H,1-4H3;4-8H,3,9H2,1-2H3;2-6H,7H2,1H3,(H,15,16);4-8H,9H2,1-3H3;2-7H,1H3;3-4H,1-2H3;3H,2H2,1H3;8*1H4;1H;;;1H2/q;;;;+1;;;;;;;;;;;;;;+1;/p-2/b;;;;;;4-3+;;;;;;;;;;;;;/t12-,16+;;;;;;;;;;;;;;;;;;;/m1.................../s1. The van der Waals surface area contributed by atoms with Gasteiger partial charge < -0.3 is 79.7 Å². The van der Waals surface area contributed by atoms with Crippen LogP contribution in [0.2, 0.25) is 5.02 Å². The van der Waals surface area contributed by atoms with E-state index in [1.807, 2.05) is 178 Å². The largest absolute Gasteiger partial charge is 1.00 e. The number of hydrogen-bond acceptors (Lipinski definition) is 18. The summed E-state index contributed by atoms with van der Waals surface area (Å²) in [6.45, 7) is 23.1. The second kappa shape index (κ2) is 66.4. The number of nitrogens with zero attached hydrogens (tertiary/aromatic N) is 7. The third kappa shape index (κ3) is 44.2. The number of allylic oxidation sites excluding steroid dienone is 1. The minimum Gasteiger partial charge on any atom is -1.00 e. The number of carbonyl (C=O) groups excluding carboxylic acids is 10. The summed E-state index contributed by atoms with van der Waals surface area (Å²) < 4.78 is 61.2. The van der Waals surface area contributed by atoms with E-state index in [9.17, 15) is 61.5 Å². The molecule has 0 saturated carbocycles. The first-order valence-corrected chi connectivity index (χ1v) is 37.4. The number of hydrogen-bond donors (Lipinski definition) is 2. The molecule has 1 aliphatic rings. The first kappa shape index (κ1) is 133. The maximum absolute atomic E-state index is 14.8. The van der Waals surface area contributed by atoms with Crippen LogP contribution in [0.3, 0.4) is 0 Å². The number of ether oxygens (including phenoxy) is 5. The number of aliphatic carboxylic acids is 1. The van der Waals surface area contributed by atoms with Crippen LogP contribution in [0, 0.1) is 5.82 Å². The fourth-order valence-electron chi connectivity index (χ4n) is 11.4. The Bertz CT molecular complexity index is 5400. The normalized spacial score (nSPS) is 11.3. The van der Waals surface area contributed by atoms with Crippen molar-refractivity contribution >= 4 is 104 Å². The van der Waals surface area contributed by atoms with E-state index in [0.717, 1.165) is 33.3 Å². The molecule has 1 radical (unpaired) electrons. The number of alkyl halides is 1. The van der Waals surface area contributed by atoms with Gasteiger partial charge in [0.2, 0.25) is 6.54 Å². The number of fused-ring (bicyclic) bond motifs is 4. The van der Waals surface area contributed by atoms with E-state index in [2.05, 4.69) is 19.6 Å². The van der Waals surface area contributed by atoms with Gasteiger partial charge in [0.05, 0.1) is 67.5 Å². The van der Waals surface area contributed by atoms with Crippen LogP contribution in [-0.2, 0) is 95.3 Å². The van der Waals surface area contributed by atoms with Gasteiger partial charge in [-0.15, -0.1) is 0 Å². The summed E-state index contributed by atoms with van der Waals surface area (Å²) in [6, 6.07) is 46.2. The number of carboxylic acid groups (broad SMARTS) is 1. The Labute approximate surface area is 807 Å².